The highest BCUT2D eigenvalue weighted by atomic mass is 32.1. The molecule has 20 heavy (non-hydrogen) atoms. The van der Waals surface area contributed by atoms with Crippen LogP contribution in [0.15, 0.2) is 10.9 Å². The Bertz CT molecular complexity index is 497. The van der Waals surface area contributed by atoms with Gasteiger partial charge in [0.2, 0.25) is 0 Å². The zero-order valence-corrected chi connectivity index (χ0v) is 13.2. The lowest BCUT2D eigenvalue weighted by atomic mass is 9.78. The van der Waals surface area contributed by atoms with Gasteiger partial charge in [-0.2, -0.15) is 0 Å². The molecule has 0 unspecified atom stereocenters. The number of hydrogen-bond donors (Lipinski definition) is 2. The Morgan fingerprint density at radius 1 is 1.40 bits per heavy atom. The average Bonchev–Trinajstić information content (AvgIpc) is 2.89. The van der Waals surface area contributed by atoms with E-state index in [4.69, 9.17) is 20.1 Å². The minimum atomic E-state index is -0.452. The summed E-state index contributed by atoms with van der Waals surface area (Å²) in [5, 5.41) is 11.7. The Morgan fingerprint density at radius 3 is 2.45 bits per heavy atom. The molecule has 110 valence electrons. The third kappa shape index (κ3) is 2.97. The Hall–Kier alpha value is -0.725. The SMILES string of the molecule is CC1(C)OB(C(=Cc2nc(CO)cs2)CN)OC1(C)C. The van der Waals surface area contributed by atoms with Gasteiger partial charge in [0.1, 0.15) is 5.01 Å². The van der Waals surface area contributed by atoms with E-state index in [1.54, 1.807) is 0 Å². The smallest absolute Gasteiger partial charge is 0.400 e. The Kier molecular flexibility index (Phi) is 4.37. The van der Waals surface area contributed by atoms with Crippen LogP contribution in [0.2, 0.25) is 0 Å². The number of nitrogens with zero attached hydrogens (tertiary/aromatic N) is 1. The molecule has 0 amide bonds. The minimum Gasteiger partial charge on any atom is -0.400 e. The van der Waals surface area contributed by atoms with Gasteiger partial charge >= 0.3 is 7.12 Å². The van der Waals surface area contributed by atoms with E-state index in [0.29, 0.717) is 12.2 Å². The van der Waals surface area contributed by atoms with Crippen LogP contribution in [0.25, 0.3) is 6.08 Å². The van der Waals surface area contributed by atoms with E-state index >= 15 is 0 Å². The van der Waals surface area contributed by atoms with Crippen LogP contribution >= 0.6 is 11.3 Å². The fourth-order valence-corrected chi connectivity index (χ4v) is 2.61. The summed E-state index contributed by atoms with van der Waals surface area (Å²) in [5.74, 6) is 0. The highest BCUT2D eigenvalue weighted by molar-refractivity contribution is 7.10. The lowest BCUT2D eigenvalue weighted by Gasteiger charge is -2.32. The molecule has 0 aliphatic carbocycles. The van der Waals surface area contributed by atoms with Crippen molar-refractivity contribution in [2.24, 2.45) is 5.73 Å². The van der Waals surface area contributed by atoms with E-state index in [9.17, 15) is 0 Å². The molecule has 0 aromatic carbocycles. The normalized spacial score (nSPS) is 21.5. The molecular formula is C13H21BN2O3S. The summed E-state index contributed by atoms with van der Waals surface area (Å²) in [4.78, 5) is 4.29. The zero-order chi connectivity index (χ0) is 15.0. The zero-order valence-electron chi connectivity index (χ0n) is 12.3. The molecule has 1 fully saturated rings. The molecule has 0 atom stereocenters. The van der Waals surface area contributed by atoms with Crippen molar-refractivity contribution in [3.8, 4) is 0 Å². The van der Waals surface area contributed by atoms with E-state index in [2.05, 4.69) is 4.98 Å². The highest BCUT2D eigenvalue weighted by Crippen LogP contribution is 2.38. The van der Waals surface area contributed by atoms with Gasteiger partial charge < -0.3 is 20.1 Å². The molecule has 2 heterocycles. The molecular weight excluding hydrogens is 275 g/mol. The van der Waals surface area contributed by atoms with E-state index in [1.807, 2.05) is 39.2 Å². The fraction of sp³-hybridized carbons (Fsp3) is 0.615. The number of aliphatic hydroxyl groups excluding tert-OH is 1. The first kappa shape index (κ1) is 15.7. The van der Waals surface area contributed by atoms with Gasteiger partial charge in [0, 0.05) is 11.9 Å². The van der Waals surface area contributed by atoms with Crippen molar-refractivity contribution < 1.29 is 14.4 Å². The Morgan fingerprint density at radius 2 is 2.00 bits per heavy atom. The number of rotatable bonds is 4. The van der Waals surface area contributed by atoms with Gasteiger partial charge in [0.15, 0.2) is 0 Å². The lowest BCUT2D eigenvalue weighted by Crippen LogP contribution is -2.41. The third-order valence-electron chi connectivity index (χ3n) is 3.83. The topological polar surface area (TPSA) is 77.6 Å². The number of aliphatic hydroxyl groups is 1. The second-order valence-corrected chi connectivity index (χ2v) is 6.74. The standard InChI is InChI=1S/C13H21BN2O3S/c1-12(2)13(3,4)19-14(18-12)9(6-15)5-11-16-10(7-17)8-20-11/h5,8,17H,6-7,15H2,1-4H3. The first-order valence-corrected chi connectivity index (χ1v) is 7.48. The molecule has 0 saturated carbocycles. The van der Waals surface area contributed by atoms with Crippen LogP contribution in [0.5, 0.6) is 0 Å². The average molecular weight is 296 g/mol. The molecule has 0 radical (unpaired) electrons. The molecule has 3 N–H and O–H groups in total. The molecule has 1 aliphatic rings. The van der Waals surface area contributed by atoms with Gasteiger partial charge in [-0.15, -0.1) is 11.3 Å². The molecule has 2 rings (SSSR count). The summed E-state index contributed by atoms with van der Waals surface area (Å²) in [6.07, 6.45) is 1.88. The maximum Gasteiger partial charge on any atom is 0.491 e. The predicted molar refractivity (Wildman–Crippen MR) is 81.2 cm³/mol. The van der Waals surface area contributed by atoms with Crippen molar-refractivity contribution in [2.45, 2.75) is 45.5 Å². The summed E-state index contributed by atoms with van der Waals surface area (Å²) in [6, 6.07) is 0. The van der Waals surface area contributed by atoms with E-state index in [-0.39, 0.29) is 17.8 Å². The summed E-state index contributed by atoms with van der Waals surface area (Å²) in [6.45, 7) is 8.31. The van der Waals surface area contributed by atoms with Crippen molar-refractivity contribution >= 4 is 24.5 Å². The van der Waals surface area contributed by atoms with Gasteiger partial charge in [0.25, 0.3) is 0 Å². The van der Waals surface area contributed by atoms with Crippen molar-refractivity contribution in [3.63, 3.8) is 0 Å². The quantitative estimate of drug-likeness (QED) is 0.825. The maximum absolute atomic E-state index is 9.04. The van der Waals surface area contributed by atoms with Crippen molar-refractivity contribution in [3.05, 3.63) is 21.6 Å². The molecule has 1 aromatic rings. The van der Waals surface area contributed by atoms with Gasteiger partial charge in [-0.1, -0.05) is 0 Å². The molecule has 1 saturated heterocycles. The monoisotopic (exact) mass is 296 g/mol. The number of hydrogen-bond acceptors (Lipinski definition) is 6. The summed E-state index contributed by atoms with van der Waals surface area (Å²) >= 11 is 1.46. The second kappa shape index (κ2) is 5.58. The molecule has 0 bridgehead atoms. The van der Waals surface area contributed by atoms with Crippen LogP contribution in [0.3, 0.4) is 0 Å². The largest absolute Gasteiger partial charge is 0.491 e. The van der Waals surface area contributed by atoms with Gasteiger partial charge in [-0.3, -0.25) is 0 Å². The molecule has 0 spiro atoms. The first-order chi connectivity index (χ1) is 9.29. The lowest BCUT2D eigenvalue weighted by molar-refractivity contribution is 0.00578. The van der Waals surface area contributed by atoms with E-state index in [1.165, 1.54) is 11.3 Å². The molecule has 1 aromatic heterocycles. The Balaban J connectivity index is 2.21. The molecule has 1 aliphatic heterocycles. The van der Waals surface area contributed by atoms with Gasteiger partial charge in [0.05, 0.1) is 23.5 Å². The number of aromatic nitrogens is 1. The highest BCUT2D eigenvalue weighted by Gasteiger charge is 2.52. The van der Waals surface area contributed by atoms with Crippen LogP contribution in [-0.4, -0.2) is 35.0 Å². The van der Waals surface area contributed by atoms with Crippen molar-refractivity contribution in [2.75, 3.05) is 6.54 Å². The van der Waals surface area contributed by atoms with Crippen LogP contribution in [-0.2, 0) is 15.9 Å². The number of thiazole rings is 1. The fourth-order valence-electron chi connectivity index (χ4n) is 1.84. The van der Waals surface area contributed by atoms with E-state index in [0.717, 1.165) is 10.5 Å². The molecule has 5 nitrogen and oxygen atoms in total. The molecule has 7 heteroatoms. The van der Waals surface area contributed by atoms with Gasteiger partial charge in [-0.25, -0.2) is 4.98 Å². The van der Waals surface area contributed by atoms with Gasteiger partial charge in [-0.05, 0) is 39.2 Å². The second-order valence-electron chi connectivity index (χ2n) is 5.85. The Labute approximate surface area is 123 Å². The predicted octanol–water partition coefficient (Wildman–Crippen LogP) is 1.61. The minimum absolute atomic E-state index is 0.0568. The summed E-state index contributed by atoms with van der Waals surface area (Å²) in [5.41, 5.74) is 6.56. The van der Waals surface area contributed by atoms with Crippen molar-refractivity contribution in [1.82, 2.24) is 4.98 Å². The van der Waals surface area contributed by atoms with Crippen LogP contribution in [0.1, 0.15) is 38.4 Å². The first-order valence-electron chi connectivity index (χ1n) is 6.60. The summed E-state index contributed by atoms with van der Waals surface area (Å²) in [7, 11) is -0.452. The third-order valence-corrected chi connectivity index (χ3v) is 4.67. The van der Waals surface area contributed by atoms with Crippen LogP contribution in [0.4, 0.5) is 0 Å². The maximum atomic E-state index is 9.04. The van der Waals surface area contributed by atoms with E-state index < -0.39 is 7.12 Å². The van der Waals surface area contributed by atoms with Crippen LogP contribution in [0, 0.1) is 0 Å². The van der Waals surface area contributed by atoms with Crippen molar-refractivity contribution in [1.29, 1.82) is 0 Å². The summed E-state index contributed by atoms with van der Waals surface area (Å²) < 4.78 is 12.0. The number of nitrogens with two attached hydrogens (primary N) is 1. The van der Waals surface area contributed by atoms with Crippen LogP contribution < -0.4 is 5.73 Å².